The summed E-state index contributed by atoms with van der Waals surface area (Å²) in [5.74, 6) is -1.70. The normalized spacial score (nSPS) is 20.1. The van der Waals surface area contributed by atoms with E-state index in [-0.39, 0.29) is 22.0 Å². The highest BCUT2D eigenvalue weighted by atomic mass is 32.2. The molecule has 40 heavy (non-hydrogen) atoms. The van der Waals surface area contributed by atoms with Crippen molar-refractivity contribution in [2.75, 3.05) is 13.2 Å². The molecule has 4 rings (SSSR count). The van der Waals surface area contributed by atoms with Gasteiger partial charge in [0.05, 0.1) is 36.6 Å². The van der Waals surface area contributed by atoms with Crippen molar-refractivity contribution in [2.45, 2.75) is 49.5 Å². The number of hydrogen-bond donors (Lipinski definition) is 0. The van der Waals surface area contributed by atoms with Gasteiger partial charge >= 0.3 is 0 Å². The summed E-state index contributed by atoms with van der Waals surface area (Å²) >= 11 is 1.64. The van der Waals surface area contributed by atoms with Crippen LogP contribution in [0.25, 0.3) is 6.08 Å². The van der Waals surface area contributed by atoms with Gasteiger partial charge in [-0.2, -0.15) is 10.4 Å². The molecule has 0 aliphatic carbocycles. The van der Waals surface area contributed by atoms with E-state index in [0.717, 1.165) is 6.07 Å². The third-order valence-corrected chi connectivity index (χ3v) is 8.64. The van der Waals surface area contributed by atoms with Crippen molar-refractivity contribution < 1.29 is 22.6 Å². The predicted molar refractivity (Wildman–Crippen MR) is 149 cm³/mol. The lowest BCUT2D eigenvalue weighted by atomic mass is 9.69. The summed E-state index contributed by atoms with van der Waals surface area (Å²) in [4.78, 5) is 4.05. The molecule has 210 valence electrons. The van der Waals surface area contributed by atoms with Gasteiger partial charge in [-0.05, 0) is 35.8 Å². The third kappa shape index (κ3) is 6.84. The standard InChI is InChI=1S/C30H31F3N4O2S/c1-20(2)30(17-37-19-35-18-36-37,26-11-10-24(31)13-28(26)33)21(3)40-25-15-38-29(39-16-25)7-5-4-6-23-9-8-22(14-34)12-27(23)32/h4-13,18-21,25,29H,15-17H2,1-3H3/b6-4+,7-5+. The van der Waals surface area contributed by atoms with Crippen molar-refractivity contribution in [1.29, 1.82) is 5.26 Å². The van der Waals surface area contributed by atoms with Crippen molar-refractivity contribution in [2.24, 2.45) is 5.92 Å². The van der Waals surface area contributed by atoms with Crippen molar-refractivity contribution in [3.05, 3.63) is 101 Å². The average Bonchev–Trinajstić information content (AvgIpc) is 3.44. The Kier molecular flexibility index (Phi) is 9.85. The van der Waals surface area contributed by atoms with E-state index in [2.05, 4.69) is 10.1 Å². The Labute approximate surface area is 236 Å². The molecule has 1 fully saturated rings. The first kappa shape index (κ1) is 29.6. The highest BCUT2D eigenvalue weighted by Gasteiger charge is 2.45. The molecule has 0 radical (unpaired) electrons. The minimum absolute atomic E-state index is 0.0136. The summed E-state index contributed by atoms with van der Waals surface area (Å²) in [5, 5.41) is 13.0. The molecule has 0 amide bonds. The molecular formula is C30H31F3N4O2S. The number of aromatic nitrogens is 3. The summed E-state index contributed by atoms with van der Waals surface area (Å²) in [5.41, 5.74) is 0.348. The SMILES string of the molecule is CC(C)C(Cn1cncn1)(c1ccc(F)cc1F)C(C)SC1COC(/C=C/C=C/c2ccc(C#N)cc2F)OC1. The molecule has 0 saturated carbocycles. The van der Waals surface area contributed by atoms with Crippen LogP contribution in [0.3, 0.4) is 0 Å². The molecule has 2 unspecified atom stereocenters. The van der Waals surface area contributed by atoms with Crippen LogP contribution in [0.15, 0.2) is 67.3 Å². The molecule has 1 aliphatic heterocycles. The Balaban J connectivity index is 1.42. The van der Waals surface area contributed by atoms with Crippen molar-refractivity contribution >= 4 is 17.8 Å². The molecular weight excluding hydrogens is 537 g/mol. The van der Waals surface area contributed by atoms with Crippen LogP contribution in [-0.2, 0) is 21.4 Å². The lowest BCUT2D eigenvalue weighted by Crippen LogP contribution is -2.47. The summed E-state index contributed by atoms with van der Waals surface area (Å²) < 4.78 is 56.6. The highest BCUT2D eigenvalue weighted by Crippen LogP contribution is 2.45. The van der Waals surface area contributed by atoms with E-state index in [0.29, 0.717) is 30.9 Å². The summed E-state index contributed by atoms with van der Waals surface area (Å²) in [6.45, 7) is 7.31. The quantitative estimate of drug-likeness (QED) is 0.268. The second-order valence-electron chi connectivity index (χ2n) is 9.94. The first-order valence-electron chi connectivity index (χ1n) is 12.9. The Bertz CT molecular complexity index is 1380. The van der Waals surface area contributed by atoms with Gasteiger partial charge in [-0.15, -0.1) is 11.8 Å². The minimum atomic E-state index is -0.724. The maximum atomic E-state index is 15.2. The molecule has 0 spiro atoms. The molecule has 3 aromatic rings. The fraction of sp³-hybridized carbons (Fsp3) is 0.367. The molecule has 2 atom stereocenters. The lowest BCUT2D eigenvalue weighted by Gasteiger charge is -2.44. The number of allylic oxidation sites excluding steroid dienone is 2. The monoisotopic (exact) mass is 568 g/mol. The van der Waals surface area contributed by atoms with E-state index in [1.54, 1.807) is 59.2 Å². The topological polar surface area (TPSA) is 73.0 Å². The zero-order valence-corrected chi connectivity index (χ0v) is 23.3. The summed E-state index contributed by atoms with van der Waals surface area (Å²) in [6, 6.07) is 9.96. The fourth-order valence-corrected chi connectivity index (χ4v) is 6.60. The van der Waals surface area contributed by atoms with E-state index >= 15 is 4.39 Å². The van der Waals surface area contributed by atoms with Crippen molar-refractivity contribution in [1.82, 2.24) is 14.8 Å². The molecule has 10 heteroatoms. The molecule has 2 aromatic carbocycles. The van der Waals surface area contributed by atoms with Crippen LogP contribution in [0.4, 0.5) is 13.2 Å². The maximum absolute atomic E-state index is 15.2. The average molecular weight is 569 g/mol. The van der Waals surface area contributed by atoms with Gasteiger partial charge in [0.2, 0.25) is 0 Å². The zero-order chi connectivity index (χ0) is 28.7. The van der Waals surface area contributed by atoms with Crippen LogP contribution in [-0.4, -0.2) is 44.8 Å². The summed E-state index contributed by atoms with van der Waals surface area (Å²) in [7, 11) is 0. The number of nitriles is 1. The van der Waals surface area contributed by atoms with Gasteiger partial charge in [0.1, 0.15) is 30.1 Å². The number of ether oxygens (including phenoxy) is 2. The first-order chi connectivity index (χ1) is 19.2. The van der Waals surface area contributed by atoms with Gasteiger partial charge < -0.3 is 9.47 Å². The number of hydrogen-bond acceptors (Lipinski definition) is 6. The zero-order valence-electron chi connectivity index (χ0n) is 22.5. The van der Waals surface area contributed by atoms with Crippen LogP contribution < -0.4 is 0 Å². The predicted octanol–water partition coefficient (Wildman–Crippen LogP) is 6.29. The number of rotatable bonds is 10. The molecule has 0 bridgehead atoms. The van der Waals surface area contributed by atoms with E-state index < -0.39 is 29.2 Å². The number of nitrogens with zero attached hydrogens (tertiary/aromatic N) is 4. The van der Waals surface area contributed by atoms with Gasteiger partial charge in [0, 0.05) is 22.3 Å². The number of thioether (sulfide) groups is 1. The van der Waals surface area contributed by atoms with Gasteiger partial charge in [-0.25, -0.2) is 18.2 Å². The van der Waals surface area contributed by atoms with Crippen LogP contribution >= 0.6 is 11.8 Å². The van der Waals surface area contributed by atoms with Crippen molar-refractivity contribution in [3.8, 4) is 6.07 Å². The first-order valence-corrected chi connectivity index (χ1v) is 13.9. The largest absolute Gasteiger partial charge is 0.348 e. The number of halogens is 3. The molecule has 2 heterocycles. The number of benzene rings is 2. The van der Waals surface area contributed by atoms with Gasteiger partial charge in [0.15, 0.2) is 6.29 Å². The Morgan fingerprint density at radius 3 is 2.50 bits per heavy atom. The van der Waals surface area contributed by atoms with Crippen LogP contribution in [0, 0.1) is 34.7 Å². The van der Waals surface area contributed by atoms with Gasteiger partial charge in [-0.1, -0.05) is 51.1 Å². The van der Waals surface area contributed by atoms with E-state index in [1.807, 2.05) is 26.8 Å². The second kappa shape index (κ2) is 13.3. The third-order valence-electron chi connectivity index (χ3n) is 7.15. The minimum Gasteiger partial charge on any atom is -0.348 e. The lowest BCUT2D eigenvalue weighted by molar-refractivity contribution is -0.146. The van der Waals surface area contributed by atoms with Crippen LogP contribution in [0.2, 0.25) is 0 Å². The van der Waals surface area contributed by atoms with Gasteiger partial charge in [-0.3, -0.25) is 4.68 Å². The van der Waals surface area contributed by atoms with Crippen molar-refractivity contribution in [3.63, 3.8) is 0 Å². The molecule has 1 aliphatic rings. The Morgan fingerprint density at radius 1 is 1.10 bits per heavy atom. The fourth-order valence-electron chi connectivity index (χ4n) is 4.99. The highest BCUT2D eigenvalue weighted by molar-refractivity contribution is 8.00. The van der Waals surface area contributed by atoms with Gasteiger partial charge in [0.25, 0.3) is 0 Å². The summed E-state index contributed by atoms with van der Waals surface area (Å²) in [6.07, 6.45) is 9.23. The maximum Gasteiger partial charge on any atom is 0.177 e. The van der Waals surface area contributed by atoms with Crippen LogP contribution in [0.1, 0.15) is 37.5 Å². The molecule has 0 N–H and O–H groups in total. The Hall–Kier alpha value is -3.39. The van der Waals surface area contributed by atoms with E-state index in [1.165, 1.54) is 24.5 Å². The van der Waals surface area contributed by atoms with Crippen LogP contribution in [0.5, 0.6) is 0 Å². The van der Waals surface area contributed by atoms with E-state index in [4.69, 9.17) is 14.7 Å². The van der Waals surface area contributed by atoms with E-state index in [9.17, 15) is 8.78 Å². The molecule has 1 aromatic heterocycles. The molecule has 6 nitrogen and oxygen atoms in total. The smallest absolute Gasteiger partial charge is 0.177 e. The Morgan fingerprint density at radius 2 is 1.88 bits per heavy atom. The second-order valence-corrected chi connectivity index (χ2v) is 11.6. The molecule has 1 saturated heterocycles.